The molecule has 1 aliphatic carbocycles. The van der Waals surface area contributed by atoms with Crippen LogP contribution in [0.25, 0.3) is 0 Å². The zero-order valence-electron chi connectivity index (χ0n) is 11.0. The summed E-state index contributed by atoms with van der Waals surface area (Å²) in [5.74, 6) is -0.667. The molecule has 0 spiro atoms. The molecule has 1 fully saturated rings. The molecule has 0 amide bonds. The highest BCUT2D eigenvalue weighted by atomic mass is 32.2. The van der Waals surface area contributed by atoms with E-state index in [0.717, 1.165) is 12.8 Å². The minimum atomic E-state index is -3.59. The summed E-state index contributed by atoms with van der Waals surface area (Å²) in [6, 6.07) is 1.23. The summed E-state index contributed by atoms with van der Waals surface area (Å²) in [6.07, 6.45) is 3.52. The fourth-order valence-electron chi connectivity index (χ4n) is 2.01. The van der Waals surface area contributed by atoms with Crippen molar-refractivity contribution in [2.75, 3.05) is 13.6 Å². The lowest BCUT2D eigenvalue weighted by Crippen LogP contribution is -2.28. The van der Waals surface area contributed by atoms with Crippen LogP contribution in [0.5, 0.6) is 0 Å². The zero-order valence-corrected chi connectivity index (χ0v) is 11.9. The predicted octanol–water partition coefficient (Wildman–Crippen LogP) is 1.24. The first kappa shape index (κ1) is 14.1. The summed E-state index contributed by atoms with van der Waals surface area (Å²) in [5.41, 5.74) is 0.000830. The lowest BCUT2D eigenvalue weighted by molar-refractivity contribution is 0.0685. The molecule has 1 aromatic heterocycles. The van der Waals surface area contributed by atoms with E-state index < -0.39 is 16.0 Å². The van der Waals surface area contributed by atoms with Gasteiger partial charge in [-0.1, -0.05) is 0 Å². The van der Waals surface area contributed by atoms with E-state index in [-0.39, 0.29) is 10.6 Å². The third-order valence-corrected chi connectivity index (χ3v) is 5.14. The van der Waals surface area contributed by atoms with Gasteiger partial charge in [0.15, 0.2) is 0 Å². The normalized spacial score (nSPS) is 15.9. The molecule has 0 bridgehead atoms. The van der Waals surface area contributed by atoms with Crippen LogP contribution in [-0.2, 0) is 16.6 Å². The summed E-state index contributed by atoms with van der Waals surface area (Å²) in [5, 5.41) is 9.04. The maximum Gasteiger partial charge on any atom is 0.352 e. The molecule has 1 aliphatic rings. The zero-order chi connectivity index (χ0) is 14.2. The maximum atomic E-state index is 12.3. The SMILES string of the molecule is CCn1cc(S(=O)(=O)N(C)CC2CC2)cc1C(=O)O. The first-order valence-electron chi connectivity index (χ1n) is 6.26. The van der Waals surface area contributed by atoms with Gasteiger partial charge in [-0.2, -0.15) is 0 Å². The molecule has 19 heavy (non-hydrogen) atoms. The van der Waals surface area contributed by atoms with Crippen molar-refractivity contribution in [1.29, 1.82) is 0 Å². The van der Waals surface area contributed by atoms with Crippen molar-refractivity contribution >= 4 is 16.0 Å². The van der Waals surface area contributed by atoms with Crippen LogP contribution in [0.4, 0.5) is 0 Å². The first-order chi connectivity index (χ1) is 8.86. The van der Waals surface area contributed by atoms with Crippen molar-refractivity contribution in [2.45, 2.75) is 31.2 Å². The van der Waals surface area contributed by atoms with E-state index in [1.165, 1.54) is 28.2 Å². The standard InChI is InChI=1S/C12H18N2O4S/c1-3-14-8-10(6-11(14)12(15)16)19(17,18)13(2)7-9-4-5-9/h6,8-9H,3-5,7H2,1-2H3,(H,15,16). The Kier molecular flexibility index (Phi) is 3.69. The number of hydrogen-bond donors (Lipinski definition) is 1. The Labute approximate surface area is 112 Å². The van der Waals surface area contributed by atoms with Crippen LogP contribution in [0.15, 0.2) is 17.2 Å². The van der Waals surface area contributed by atoms with Crippen molar-refractivity contribution in [2.24, 2.45) is 5.92 Å². The van der Waals surface area contributed by atoms with E-state index >= 15 is 0 Å². The highest BCUT2D eigenvalue weighted by molar-refractivity contribution is 7.89. The largest absolute Gasteiger partial charge is 0.477 e. The van der Waals surface area contributed by atoms with Crippen molar-refractivity contribution in [3.8, 4) is 0 Å². The van der Waals surface area contributed by atoms with E-state index in [9.17, 15) is 13.2 Å². The molecule has 7 heteroatoms. The van der Waals surface area contributed by atoms with Gasteiger partial charge in [0, 0.05) is 26.3 Å². The lowest BCUT2D eigenvalue weighted by atomic mass is 10.4. The number of carboxylic acids is 1. The molecule has 2 rings (SSSR count). The molecule has 106 valence electrons. The van der Waals surface area contributed by atoms with Crippen LogP contribution in [0.3, 0.4) is 0 Å². The van der Waals surface area contributed by atoms with Crippen LogP contribution < -0.4 is 0 Å². The second kappa shape index (κ2) is 4.97. The lowest BCUT2D eigenvalue weighted by Gasteiger charge is -2.15. The number of hydrogen-bond acceptors (Lipinski definition) is 3. The van der Waals surface area contributed by atoms with Gasteiger partial charge < -0.3 is 9.67 Å². The fourth-order valence-corrected chi connectivity index (χ4v) is 3.30. The van der Waals surface area contributed by atoms with Crippen LogP contribution >= 0.6 is 0 Å². The molecule has 1 heterocycles. The summed E-state index contributed by atoms with van der Waals surface area (Å²) < 4.78 is 27.4. The van der Waals surface area contributed by atoms with Gasteiger partial charge in [0.25, 0.3) is 0 Å². The number of rotatable bonds is 6. The Hall–Kier alpha value is -1.34. The van der Waals surface area contributed by atoms with Crippen LogP contribution in [0.2, 0.25) is 0 Å². The summed E-state index contributed by atoms with van der Waals surface area (Å²) >= 11 is 0. The van der Waals surface area contributed by atoms with Gasteiger partial charge >= 0.3 is 5.97 Å². The van der Waals surface area contributed by atoms with Gasteiger partial charge in [0.05, 0.1) is 0 Å². The van der Waals surface area contributed by atoms with Crippen molar-refractivity contribution in [3.63, 3.8) is 0 Å². The Morgan fingerprint density at radius 1 is 1.53 bits per heavy atom. The second-order valence-corrected chi connectivity index (χ2v) is 6.93. The van der Waals surface area contributed by atoms with Crippen molar-refractivity contribution in [3.05, 3.63) is 18.0 Å². The summed E-state index contributed by atoms with van der Waals surface area (Å²) in [7, 11) is -2.05. The highest BCUT2D eigenvalue weighted by Crippen LogP contribution is 2.31. The average Bonchev–Trinajstić information content (AvgIpc) is 3.03. The Bertz CT molecular complexity index is 587. The third-order valence-electron chi connectivity index (χ3n) is 3.35. The number of aryl methyl sites for hydroxylation is 1. The van der Waals surface area contributed by atoms with Gasteiger partial charge in [0.1, 0.15) is 10.6 Å². The van der Waals surface area contributed by atoms with Gasteiger partial charge in [0.2, 0.25) is 10.0 Å². The predicted molar refractivity (Wildman–Crippen MR) is 69.6 cm³/mol. The molecular formula is C12H18N2O4S. The molecule has 0 unspecified atom stereocenters. The van der Waals surface area contributed by atoms with Gasteiger partial charge in [-0.3, -0.25) is 0 Å². The molecule has 6 nitrogen and oxygen atoms in total. The maximum absolute atomic E-state index is 12.3. The van der Waals surface area contributed by atoms with E-state index in [1.54, 1.807) is 6.92 Å². The number of carboxylic acid groups (broad SMARTS) is 1. The monoisotopic (exact) mass is 286 g/mol. The summed E-state index contributed by atoms with van der Waals surface area (Å²) in [4.78, 5) is 11.1. The molecule has 0 radical (unpaired) electrons. The van der Waals surface area contributed by atoms with Crippen LogP contribution in [0, 0.1) is 5.92 Å². The number of aromatic carboxylic acids is 1. The number of nitrogens with zero attached hydrogens (tertiary/aromatic N) is 2. The molecule has 1 N–H and O–H groups in total. The van der Waals surface area contributed by atoms with Crippen LogP contribution in [0.1, 0.15) is 30.3 Å². The van der Waals surface area contributed by atoms with Gasteiger partial charge in [-0.05, 0) is 31.7 Å². The van der Waals surface area contributed by atoms with E-state index in [0.29, 0.717) is 19.0 Å². The van der Waals surface area contributed by atoms with Crippen molar-refractivity contribution < 1.29 is 18.3 Å². The van der Waals surface area contributed by atoms with E-state index in [4.69, 9.17) is 5.11 Å². The second-order valence-electron chi connectivity index (χ2n) is 4.88. The average molecular weight is 286 g/mol. The number of aromatic nitrogens is 1. The first-order valence-corrected chi connectivity index (χ1v) is 7.70. The molecule has 1 saturated carbocycles. The number of sulfonamides is 1. The van der Waals surface area contributed by atoms with Gasteiger partial charge in [-0.25, -0.2) is 17.5 Å². The van der Waals surface area contributed by atoms with E-state index in [1.807, 2.05) is 0 Å². The molecule has 0 aliphatic heterocycles. The number of carbonyl (C=O) groups is 1. The van der Waals surface area contributed by atoms with E-state index in [2.05, 4.69) is 0 Å². The van der Waals surface area contributed by atoms with Gasteiger partial charge in [-0.15, -0.1) is 0 Å². The molecule has 0 saturated heterocycles. The molecule has 0 atom stereocenters. The highest BCUT2D eigenvalue weighted by Gasteiger charge is 2.30. The fraction of sp³-hybridized carbons (Fsp3) is 0.583. The third kappa shape index (κ3) is 2.82. The summed E-state index contributed by atoms with van der Waals surface area (Å²) in [6.45, 7) is 2.70. The molecular weight excluding hydrogens is 268 g/mol. The van der Waals surface area contributed by atoms with Crippen LogP contribution in [-0.4, -0.2) is 42.0 Å². The Balaban J connectivity index is 2.31. The Morgan fingerprint density at radius 3 is 2.58 bits per heavy atom. The Morgan fingerprint density at radius 2 is 2.16 bits per heavy atom. The van der Waals surface area contributed by atoms with Crippen molar-refractivity contribution in [1.82, 2.24) is 8.87 Å². The minimum Gasteiger partial charge on any atom is -0.477 e. The topological polar surface area (TPSA) is 79.6 Å². The minimum absolute atomic E-state index is 0.000830. The molecule has 1 aromatic rings. The smallest absolute Gasteiger partial charge is 0.352 e. The molecule has 0 aromatic carbocycles. The quantitative estimate of drug-likeness (QED) is 0.853.